The number of hydrogen-bond acceptors (Lipinski definition) is 8. The molecule has 1 N–H and O–H groups in total. The van der Waals surface area contributed by atoms with Crippen LogP contribution in [0, 0.1) is 17.8 Å². The Hall–Kier alpha value is -3.08. The average Bonchev–Trinajstić information content (AvgIpc) is 3.01. The molecule has 8 nitrogen and oxygen atoms in total. The molecule has 1 atom stereocenters. The molecule has 0 aromatic carbocycles. The number of nitrogens with zero attached hydrogens (tertiary/aromatic N) is 3. The van der Waals surface area contributed by atoms with Crippen molar-refractivity contribution >= 4 is 5.97 Å². The Labute approximate surface area is 138 Å². The normalized spacial score (nSPS) is 11.5. The number of esters is 1. The molecule has 0 fully saturated rings. The second-order valence-corrected chi connectivity index (χ2v) is 5.17. The maximum atomic E-state index is 11.8. The highest BCUT2D eigenvalue weighted by molar-refractivity contribution is 5.77. The van der Waals surface area contributed by atoms with Crippen molar-refractivity contribution in [2.75, 3.05) is 13.7 Å². The molecule has 2 rings (SSSR count). The first-order valence-corrected chi connectivity index (χ1v) is 7.18. The summed E-state index contributed by atoms with van der Waals surface area (Å²) in [6, 6.07) is 1.54. The summed E-state index contributed by atoms with van der Waals surface area (Å²) in [6.45, 7) is 3.81. The lowest BCUT2D eigenvalue weighted by molar-refractivity contribution is -0.144. The van der Waals surface area contributed by atoms with E-state index in [0.29, 0.717) is 5.76 Å². The van der Waals surface area contributed by atoms with Crippen LogP contribution in [0.1, 0.15) is 31.4 Å². The molecule has 0 aliphatic carbocycles. The Bertz CT molecular complexity index is 743. The molecule has 1 unspecified atom stereocenters. The van der Waals surface area contributed by atoms with Gasteiger partial charge in [0.15, 0.2) is 18.1 Å². The molecule has 0 saturated heterocycles. The van der Waals surface area contributed by atoms with E-state index in [4.69, 9.17) is 19.1 Å². The van der Waals surface area contributed by atoms with Gasteiger partial charge in [-0.15, -0.1) is 0 Å². The van der Waals surface area contributed by atoms with Gasteiger partial charge in [-0.2, -0.15) is 0 Å². The minimum absolute atomic E-state index is 0.00955. The van der Waals surface area contributed by atoms with Crippen molar-refractivity contribution in [2.45, 2.75) is 19.8 Å². The Morgan fingerprint density at radius 1 is 1.38 bits per heavy atom. The van der Waals surface area contributed by atoms with Gasteiger partial charge >= 0.3 is 5.97 Å². The summed E-state index contributed by atoms with van der Waals surface area (Å²) in [4.78, 5) is 19.4. The van der Waals surface area contributed by atoms with Crippen LogP contribution in [0.25, 0.3) is 0 Å². The van der Waals surface area contributed by atoms with Gasteiger partial charge in [0.2, 0.25) is 5.82 Å². The third kappa shape index (κ3) is 4.46. The smallest absolute Gasteiger partial charge is 0.316 e. The summed E-state index contributed by atoms with van der Waals surface area (Å²) >= 11 is 0. The van der Waals surface area contributed by atoms with Crippen LogP contribution in [0.5, 0.6) is 11.6 Å². The molecule has 0 bridgehead atoms. The van der Waals surface area contributed by atoms with Gasteiger partial charge < -0.3 is 19.1 Å². The number of hydrogen-bond donors (Lipinski definition) is 1. The molecule has 2 aromatic rings. The van der Waals surface area contributed by atoms with Crippen molar-refractivity contribution in [2.24, 2.45) is 5.92 Å². The minimum atomic E-state index is -0.545. The molecule has 126 valence electrons. The molecule has 0 radical (unpaired) electrons. The maximum absolute atomic E-state index is 11.8. The Balaban J connectivity index is 1.96. The Morgan fingerprint density at radius 2 is 2.08 bits per heavy atom. The van der Waals surface area contributed by atoms with E-state index in [1.807, 2.05) is 13.8 Å². The lowest BCUT2D eigenvalue weighted by Crippen LogP contribution is -2.19. The highest BCUT2D eigenvalue weighted by Gasteiger charge is 2.29. The molecule has 2 heterocycles. The van der Waals surface area contributed by atoms with E-state index in [-0.39, 0.29) is 30.0 Å². The van der Waals surface area contributed by atoms with Crippen LogP contribution >= 0.6 is 0 Å². The fourth-order valence-corrected chi connectivity index (χ4v) is 1.94. The van der Waals surface area contributed by atoms with Crippen LogP contribution < -0.4 is 4.74 Å². The van der Waals surface area contributed by atoms with Crippen molar-refractivity contribution in [1.29, 1.82) is 0 Å². The molecule has 24 heavy (non-hydrogen) atoms. The maximum Gasteiger partial charge on any atom is 0.316 e. The first-order chi connectivity index (χ1) is 11.5. The van der Waals surface area contributed by atoms with Gasteiger partial charge in [-0.3, -0.25) is 4.79 Å². The van der Waals surface area contributed by atoms with Gasteiger partial charge in [-0.05, 0) is 17.0 Å². The first kappa shape index (κ1) is 17.3. The minimum Gasteiger partial charge on any atom is -0.505 e. The fraction of sp³-hybridized carbons (Fsp3) is 0.375. The van der Waals surface area contributed by atoms with E-state index in [9.17, 15) is 4.79 Å². The number of aromatic hydroxyl groups is 1. The summed E-state index contributed by atoms with van der Waals surface area (Å²) in [5.41, 5.74) is 0. The molecule has 0 aliphatic rings. The van der Waals surface area contributed by atoms with Crippen LogP contribution in [0.4, 0.5) is 0 Å². The topological polar surface area (TPSA) is 108 Å². The quantitative estimate of drug-likeness (QED) is 0.649. The standard InChI is InChI=1S/C16H17N3O5/c1-10(2)15(16(21)22-3)12-7-14(19-24-12)23-6-4-5-13-17-8-11(20)9-18-13/h7-10,15,20H,6H2,1-3H3. The molecule has 0 saturated carbocycles. The molecular formula is C16H17N3O5. The Kier molecular flexibility index (Phi) is 5.73. The number of carbonyl (C=O) groups excluding carboxylic acids is 1. The predicted octanol–water partition coefficient (Wildman–Crippen LogP) is 1.51. The van der Waals surface area contributed by atoms with Crippen molar-refractivity contribution in [3.63, 3.8) is 0 Å². The van der Waals surface area contributed by atoms with E-state index in [2.05, 4.69) is 27.0 Å². The lowest BCUT2D eigenvalue weighted by Gasteiger charge is -2.14. The van der Waals surface area contributed by atoms with E-state index < -0.39 is 11.9 Å². The summed E-state index contributed by atoms with van der Waals surface area (Å²) < 4.78 is 15.3. The number of rotatable bonds is 5. The van der Waals surface area contributed by atoms with Gasteiger partial charge in [0.25, 0.3) is 5.88 Å². The van der Waals surface area contributed by atoms with Crippen LogP contribution in [0.15, 0.2) is 23.0 Å². The van der Waals surface area contributed by atoms with Crippen LogP contribution in [-0.2, 0) is 9.53 Å². The first-order valence-electron chi connectivity index (χ1n) is 7.18. The van der Waals surface area contributed by atoms with Gasteiger partial charge in [0.05, 0.1) is 19.5 Å². The molecule has 2 aromatic heterocycles. The van der Waals surface area contributed by atoms with Gasteiger partial charge in [-0.1, -0.05) is 19.8 Å². The summed E-state index contributed by atoms with van der Waals surface area (Å²) in [5.74, 6) is 5.28. The van der Waals surface area contributed by atoms with Crippen molar-refractivity contribution in [3.05, 3.63) is 30.0 Å². The predicted molar refractivity (Wildman–Crippen MR) is 82.2 cm³/mol. The summed E-state index contributed by atoms with van der Waals surface area (Å²) in [6.07, 6.45) is 2.50. The molecule has 8 heteroatoms. The van der Waals surface area contributed by atoms with E-state index in [1.165, 1.54) is 19.5 Å². The van der Waals surface area contributed by atoms with E-state index in [1.54, 1.807) is 6.07 Å². The van der Waals surface area contributed by atoms with Gasteiger partial charge in [0, 0.05) is 6.07 Å². The highest BCUT2D eigenvalue weighted by Crippen LogP contribution is 2.28. The van der Waals surface area contributed by atoms with Gasteiger partial charge in [-0.25, -0.2) is 9.97 Å². The molecular weight excluding hydrogens is 314 g/mol. The second-order valence-electron chi connectivity index (χ2n) is 5.17. The number of carbonyl (C=O) groups is 1. The van der Waals surface area contributed by atoms with Crippen LogP contribution in [0.2, 0.25) is 0 Å². The van der Waals surface area contributed by atoms with Crippen molar-refractivity contribution in [3.8, 4) is 23.5 Å². The van der Waals surface area contributed by atoms with Crippen LogP contribution in [-0.4, -0.2) is 39.9 Å². The number of aromatic nitrogens is 3. The number of ether oxygens (including phenoxy) is 2. The summed E-state index contributed by atoms with van der Waals surface area (Å²) in [5, 5.41) is 12.8. The highest BCUT2D eigenvalue weighted by atomic mass is 16.5. The molecule has 0 aliphatic heterocycles. The SMILES string of the molecule is COC(=O)C(c1cc(OCC#Cc2ncc(O)cn2)no1)C(C)C. The van der Waals surface area contributed by atoms with Gasteiger partial charge in [0.1, 0.15) is 5.92 Å². The van der Waals surface area contributed by atoms with Crippen molar-refractivity contribution in [1.82, 2.24) is 15.1 Å². The number of methoxy groups -OCH3 is 1. The largest absolute Gasteiger partial charge is 0.505 e. The summed E-state index contributed by atoms with van der Waals surface area (Å²) in [7, 11) is 1.33. The average molecular weight is 331 g/mol. The monoisotopic (exact) mass is 331 g/mol. The zero-order chi connectivity index (χ0) is 17.5. The zero-order valence-corrected chi connectivity index (χ0v) is 13.5. The lowest BCUT2D eigenvalue weighted by atomic mass is 9.93. The Morgan fingerprint density at radius 3 is 2.71 bits per heavy atom. The van der Waals surface area contributed by atoms with Crippen molar-refractivity contribution < 1.29 is 23.9 Å². The third-order valence-corrected chi connectivity index (χ3v) is 3.07. The third-order valence-electron chi connectivity index (χ3n) is 3.07. The van der Waals surface area contributed by atoms with Crippen LogP contribution in [0.3, 0.4) is 0 Å². The second kappa shape index (κ2) is 7.97. The molecule has 0 amide bonds. The zero-order valence-electron chi connectivity index (χ0n) is 13.5. The molecule has 0 spiro atoms. The van der Waals surface area contributed by atoms with E-state index in [0.717, 1.165) is 0 Å². The fourth-order valence-electron chi connectivity index (χ4n) is 1.94. The van der Waals surface area contributed by atoms with E-state index >= 15 is 0 Å².